The number of amides is 1. The first kappa shape index (κ1) is 19.0. The molecule has 6 nitrogen and oxygen atoms in total. The summed E-state index contributed by atoms with van der Waals surface area (Å²) in [4.78, 5) is 17.9. The van der Waals surface area contributed by atoms with Crippen molar-refractivity contribution in [3.63, 3.8) is 0 Å². The van der Waals surface area contributed by atoms with Gasteiger partial charge in [-0.15, -0.1) is 0 Å². The molecule has 25 heavy (non-hydrogen) atoms. The molecule has 1 aliphatic heterocycles. The maximum atomic E-state index is 13.7. The minimum Gasteiger partial charge on any atom is -0.450 e. The number of carbonyl (C=O) groups excluding carboxylic acids is 1. The molecule has 0 bridgehead atoms. The molecule has 1 fully saturated rings. The van der Waals surface area contributed by atoms with Crippen molar-refractivity contribution in [3.05, 3.63) is 35.6 Å². The molecular formula is C18H27FN4O2. The summed E-state index contributed by atoms with van der Waals surface area (Å²) in [5.74, 6) is 0.421. The van der Waals surface area contributed by atoms with E-state index in [1.54, 1.807) is 30.0 Å². The van der Waals surface area contributed by atoms with Gasteiger partial charge in [0, 0.05) is 31.2 Å². The fourth-order valence-electron chi connectivity index (χ4n) is 2.73. The standard InChI is InChI=1S/C18H27FN4O2/c1-3-20-17(21-13-14-7-5-6-8-16(14)19)22-15-9-11-23(12-10-15)18(24)25-4-2/h5-8,15H,3-4,9-13H2,1-2H3,(H2,20,21,22). The first-order chi connectivity index (χ1) is 12.1. The topological polar surface area (TPSA) is 66.0 Å². The Bertz CT molecular complexity index is 586. The van der Waals surface area contributed by atoms with E-state index in [2.05, 4.69) is 15.6 Å². The van der Waals surface area contributed by atoms with Gasteiger partial charge >= 0.3 is 6.09 Å². The molecule has 0 spiro atoms. The summed E-state index contributed by atoms with van der Waals surface area (Å²) in [7, 11) is 0. The Hall–Kier alpha value is -2.31. The molecule has 0 aliphatic carbocycles. The zero-order valence-electron chi connectivity index (χ0n) is 14.9. The van der Waals surface area contributed by atoms with Gasteiger partial charge < -0.3 is 20.3 Å². The molecule has 1 heterocycles. The lowest BCUT2D eigenvalue weighted by Crippen LogP contribution is -2.49. The highest BCUT2D eigenvalue weighted by atomic mass is 19.1. The van der Waals surface area contributed by atoms with Gasteiger partial charge in [0.15, 0.2) is 5.96 Å². The molecule has 0 aromatic heterocycles. The van der Waals surface area contributed by atoms with Crippen molar-refractivity contribution in [2.75, 3.05) is 26.2 Å². The first-order valence-corrected chi connectivity index (χ1v) is 8.84. The fourth-order valence-corrected chi connectivity index (χ4v) is 2.73. The van der Waals surface area contributed by atoms with E-state index in [1.165, 1.54) is 6.07 Å². The Balaban J connectivity index is 1.88. The van der Waals surface area contributed by atoms with Crippen LogP contribution in [0.15, 0.2) is 29.3 Å². The highest BCUT2D eigenvalue weighted by Crippen LogP contribution is 2.12. The Kier molecular flexibility index (Phi) is 7.50. The number of piperidine rings is 1. The quantitative estimate of drug-likeness (QED) is 0.633. The van der Waals surface area contributed by atoms with Crippen molar-refractivity contribution in [3.8, 4) is 0 Å². The van der Waals surface area contributed by atoms with Crippen LogP contribution < -0.4 is 10.6 Å². The molecule has 2 rings (SSSR count). The van der Waals surface area contributed by atoms with Gasteiger partial charge in [0.25, 0.3) is 0 Å². The summed E-state index contributed by atoms with van der Waals surface area (Å²) in [6.45, 7) is 6.51. The van der Waals surface area contributed by atoms with Crippen LogP contribution in [-0.2, 0) is 11.3 Å². The molecule has 0 radical (unpaired) electrons. The Morgan fingerprint density at radius 1 is 1.32 bits per heavy atom. The molecule has 1 aliphatic rings. The van der Waals surface area contributed by atoms with E-state index < -0.39 is 0 Å². The van der Waals surface area contributed by atoms with Crippen LogP contribution in [0.5, 0.6) is 0 Å². The van der Waals surface area contributed by atoms with E-state index in [4.69, 9.17) is 4.74 Å². The number of ether oxygens (including phenoxy) is 1. The highest BCUT2D eigenvalue weighted by Gasteiger charge is 2.24. The van der Waals surface area contributed by atoms with Gasteiger partial charge in [-0.3, -0.25) is 0 Å². The maximum absolute atomic E-state index is 13.7. The summed E-state index contributed by atoms with van der Waals surface area (Å²) in [5.41, 5.74) is 0.567. The summed E-state index contributed by atoms with van der Waals surface area (Å²) in [6.07, 6.45) is 1.40. The number of rotatable bonds is 5. The van der Waals surface area contributed by atoms with Gasteiger partial charge in [0.05, 0.1) is 13.2 Å². The highest BCUT2D eigenvalue weighted by molar-refractivity contribution is 5.80. The van der Waals surface area contributed by atoms with Crippen LogP contribution in [0.2, 0.25) is 0 Å². The van der Waals surface area contributed by atoms with Crippen LogP contribution in [-0.4, -0.2) is 49.2 Å². The molecule has 1 amide bonds. The van der Waals surface area contributed by atoms with Crippen molar-refractivity contribution in [2.45, 2.75) is 39.3 Å². The fraction of sp³-hybridized carbons (Fsp3) is 0.556. The van der Waals surface area contributed by atoms with Gasteiger partial charge in [-0.2, -0.15) is 0 Å². The number of aliphatic imine (C=N–C) groups is 1. The van der Waals surface area contributed by atoms with E-state index in [9.17, 15) is 9.18 Å². The third-order valence-electron chi connectivity index (χ3n) is 4.07. The molecule has 1 aromatic rings. The number of nitrogens with zero attached hydrogens (tertiary/aromatic N) is 2. The molecule has 0 unspecified atom stereocenters. The van der Waals surface area contributed by atoms with Crippen LogP contribution in [0.1, 0.15) is 32.3 Å². The number of halogens is 1. The molecule has 7 heteroatoms. The molecule has 138 valence electrons. The number of likely N-dealkylation sites (tertiary alicyclic amines) is 1. The van der Waals surface area contributed by atoms with E-state index >= 15 is 0 Å². The second kappa shape index (κ2) is 9.86. The van der Waals surface area contributed by atoms with Crippen LogP contribution in [0, 0.1) is 5.82 Å². The molecule has 1 saturated heterocycles. The lowest BCUT2D eigenvalue weighted by molar-refractivity contribution is 0.0963. The lowest BCUT2D eigenvalue weighted by Gasteiger charge is -2.32. The van der Waals surface area contributed by atoms with E-state index in [-0.39, 0.29) is 24.5 Å². The summed E-state index contributed by atoms with van der Waals surface area (Å²) in [5, 5.41) is 6.56. The summed E-state index contributed by atoms with van der Waals surface area (Å²) >= 11 is 0. The minimum atomic E-state index is -0.249. The molecule has 1 aromatic carbocycles. The third kappa shape index (κ3) is 5.92. The normalized spacial score (nSPS) is 15.8. The van der Waals surface area contributed by atoms with Crippen molar-refractivity contribution in [2.24, 2.45) is 4.99 Å². The second-order valence-electron chi connectivity index (χ2n) is 5.89. The SMILES string of the molecule is CCNC(=NCc1ccccc1F)NC1CCN(C(=O)OCC)CC1. The average Bonchev–Trinajstić information content (AvgIpc) is 2.62. The van der Waals surface area contributed by atoms with Gasteiger partial charge in [-0.25, -0.2) is 14.2 Å². The monoisotopic (exact) mass is 350 g/mol. The van der Waals surface area contributed by atoms with E-state index in [0.717, 1.165) is 19.4 Å². The van der Waals surface area contributed by atoms with Crippen LogP contribution in [0.4, 0.5) is 9.18 Å². The van der Waals surface area contributed by atoms with Gasteiger partial charge in [-0.1, -0.05) is 18.2 Å². The van der Waals surface area contributed by atoms with Crippen LogP contribution >= 0.6 is 0 Å². The van der Waals surface area contributed by atoms with E-state index in [1.807, 2.05) is 6.92 Å². The minimum absolute atomic E-state index is 0.226. The molecule has 2 N–H and O–H groups in total. The maximum Gasteiger partial charge on any atom is 0.409 e. The van der Waals surface area contributed by atoms with Crippen molar-refractivity contribution < 1.29 is 13.9 Å². The second-order valence-corrected chi connectivity index (χ2v) is 5.89. The number of hydrogen-bond acceptors (Lipinski definition) is 3. The summed E-state index contributed by atoms with van der Waals surface area (Å²) < 4.78 is 18.7. The van der Waals surface area contributed by atoms with Crippen molar-refractivity contribution >= 4 is 12.1 Å². The van der Waals surface area contributed by atoms with Crippen molar-refractivity contribution in [1.82, 2.24) is 15.5 Å². The van der Waals surface area contributed by atoms with E-state index in [0.29, 0.717) is 31.2 Å². The smallest absolute Gasteiger partial charge is 0.409 e. The van der Waals surface area contributed by atoms with Gasteiger partial charge in [0.2, 0.25) is 0 Å². The molecular weight excluding hydrogens is 323 g/mol. The number of benzene rings is 1. The predicted molar refractivity (Wildman–Crippen MR) is 96.0 cm³/mol. The largest absolute Gasteiger partial charge is 0.450 e. The zero-order chi connectivity index (χ0) is 18.1. The Morgan fingerprint density at radius 3 is 2.68 bits per heavy atom. The molecule has 0 atom stereocenters. The zero-order valence-corrected chi connectivity index (χ0v) is 14.9. The van der Waals surface area contributed by atoms with Gasteiger partial charge in [0.1, 0.15) is 5.82 Å². The first-order valence-electron chi connectivity index (χ1n) is 8.84. The third-order valence-corrected chi connectivity index (χ3v) is 4.07. The number of carbonyl (C=O) groups is 1. The number of guanidine groups is 1. The number of nitrogens with one attached hydrogen (secondary N) is 2. The predicted octanol–water partition coefficient (Wildman–Crippen LogP) is 2.50. The summed E-state index contributed by atoms with van der Waals surface area (Å²) in [6, 6.07) is 6.88. The molecule has 0 saturated carbocycles. The van der Waals surface area contributed by atoms with Crippen molar-refractivity contribution in [1.29, 1.82) is 0 Å². The Morgan fingerprint density at radius 2 is 2.04 bits per heavy atom. The van der Waals surface area contributed by atoms with Crippen LogP contribution in [0.25, 0.3) is 0 Å². The van der Waals surface area contributed by atoms with Crippen LogP contribution in [0.3, 0.4) is 0 Å². The average molecular weight is 350 g/mol. The van der Waals surface area contributed by atoms with Gasteiger partial charge in [-0.05, 0) is 32.8 Å². The lowest BCUT2D eigenvalue weighted by atomic mass is 10.1. The Labute approximate surface area is 148 Å². The number of hydrogen-bond donors (Lipinski definition) is 2.